The molecule has 0 saturated heterocycles. The molecule has 11 nitrogen and oxygen atoms in total. The molecule has 0 aliphatic heterocycles. The lowest BCUT2D eigenvalue weighted by atomic mass is 10.2. The Hall–Kier alpha value is -3.28. The van der Waals surface area contributed by atoms with Crippen molar-refractivity contribution in [2.45, 2.75) is 26.1 Å². The first-order valence-electron chi connectivity index (χ1n) is 9.40. The second kappa shape index (κ2) is 10.2. The number of rotatable bonds is 10. The van der Waals surface area contributed by atoms with E-state index < -0.39 is 33.6 Å². The number of aromatic nitrogens is 2. The predicted octanol–water partition coefficient (Wildman–Crippen LogP) is 1.36. The summed E-state index contributed by atoms with van der Waals surface area (Å²) < 4.78 is 38.6. The van der Waals surface area contributed by atoms with Gasteiger partial charge in [0.15, 0.2) is 0 Å². The Bertz CT molecular complexity index is 990. The molecule has 2 rings (SSSR count). The molecule has 1 aromatic carbocycles. The molecule has 0 fully saturated rings. The van der Waals surface area contributed by atoms with Crippen LogP contribution in [0.2, 0.25) is 0 Å². The van der Waals surface area contributed by atoms with Crippen molar-refractivity contribution < 1.29 is 27.5 Å². The van der Waals surface area contributed by atoms with Gasteiger partial charge in [0.2, 0.25) is 10.0 Å². The molecule has 1 heterocycles. The smallest absolute Gasteiger partial charge is 0.407 e. The van der Waals surface area contributed by atoms with Crippen LogP contribution in [0.25, 0.3) is 0 Å². The molecular weight excluding hydrogens is 426 g/mol. The van der Waals surface area contributed by atoms with Gasteiger partial charge in [-0.1, -0.05) is 30.3 Å². The average Bonchev–Trinajstić information content (AvgIpc) is 3.07. The number of amides is 2. The number of anilines is 1. The van der Waals surface area contributed by atoms with Gasteiger partial charge in [-0.3, -0.25) is 8.99 Å². The van der Waals surface area contributed by atoms with Gasteiger partial charge >= 0.3 is 12.2 Å². The number of alkyl carbamates (subject to hydrolysis) is 1. The molecule has 0 aliphatic carbocycles. The van der Waals surface area contributed by atoms with Gasteiger partial charge in [0.25, 0.3) is 0 Å². The second-order valence-electron chi connectivity index (χ2n) is 7.37. The van der Waals surface area contributed by atoms with Crippen molar-refractivity contribution in [3.05, 3.63) is 48.3 Å². The van der Waals surface area contributed by atoms with Crippen LogP contribution in [0.1, 0.15) is 19.4 Å². The summed E-state index contributed by atoms with van der Waals surface area (Å²) in [6.45, 7) is 2.88. The van der Waals surface area contributed by atoms with Crippen LogP contribution in [0.4, 0.5) is 15.3 Å². The van der Waals surface area contributed by atoms with Crippen molar-refractivity contribution >= 4 is 27.9 Å². The minimum absolute atomic E-state index is 0.0150. The van der Waals surface area contributed by atoms with Gasteiger partial charge in [0.05, 0.1) is 18.4 Å². The standard InChI is InChI=1S/C19H27N5O6S/c1-19(2,30-17(20)25)14-31(27,28)24(16-11-22-23(3)12-16)10-9-21-18(26)29-13-15-7-5-4-6-8-15/h4-8,11-12H,9-10,13-14H2,1-3H3,(H2,20,25)(H,21,26). The van der Waals surface area contributed by atoms with E-state index in [1.807, 2.05) is 30.3 Å². The third kappa shape index (κ3) is 7.81. The Labute approximate surface area is 181 Å². The van der Waals surface area contributed by atoms with Crippen LogP contribution < -0.4 is 15.4 Å². The fraction of sp³-hybridized carbons (Fsp3) is 0.421. The maximum atomic E-state index is 13.0. The van der Waals surface area contributed by atoms with Crippen molar-refractivity contribution in [2.75, 3.05) is 23.1 Å². The summed E-state index contributed by atoms with van der Waals surface area (Å²) in [6.07, 6.45) is 1.15. The van der Waals surface area contributed by atoms with Gasteiger partial charge in [-0.2, -0.15) is 5.10 Å². The quantitative estimate of drug-likeness (QED) is 0.552. The molecule has 170 valence electrons. The molecular formula is C19H27N5O6S. The second-order valence-corrected chi connectivity index (χ2v) is 9.26. The Morgan fingerprint density at radius 3 is 2.52 bits per heavy atom. The molecule has 0 aliphatic rings. The van der Waals surface area contributed by atoms with Gasteiger partial charge in [-0.05, 0) is 19.4 Å². The molecule has 0 atom stereocenters. The zero-order chi connectivity index (χ0) is 23.1. The molecule has 0 bridgehead atoms. The monoisotopic (exact) mass is 453 g/mol. The van der Waals surface area contributed by atoms with Crippen LogP contribution in [-0.4, -0.2) is 54.8 Å². The highest BCUT2D eigenvalue weighted by atomic mass is 32.2. The Morgan fingerprint density at radius 2 is 1.94 bits per heavy atom. The van der Waals surface area contributed by atoms with Gasteiger partial charge in [-0.25, -0.2) is 18.0 Å². The van der Waals surface area contributed by atoms with E-state index >= 15 is 0 Å². The van der Waals surface area contributed by atoms with Crippen LogP contribution in [0.15, 0.2) is 42.7 Å². The van der Waals surface area contributed by atoms with Crippen molar-refractivity contribution in [1.82, 2.24) is 15.1 Å². The molecule has 3 N–H and O–H groups in total. The summed E-state index contributed by atoms with van der Waals surface area (Å²) in [5, 5.41) is 6.52. The topological polar surface area (TPSA) is 146 Å². The summed E-state index contributed by atoms with van der Waals surface area (Å²) >= 11 is 0. The zero-order valence-electron chi connectivity index (χ0n) is 17.6. The largest absolute Gasteiger partial charge is 0.445 e. The fourth-order valence-electron chi connectivity index (χ4n) is 2.82. The first-order valence-corrected chi connectivity index (χ1v) is 11.0. The van der Waals surface area contributed by atoms with E-state index in [0.717, 1.165) is 9.87 Å². The number of nitrogens with two attached hydrogens (primary N) is 1. The fourth-order valence-corrected chi connectivity index (χ4v) is 4.70. The first-order chi connectivity index (χ1) is 14.5. The maximum absolute atomic E-state index is 13.0. The number of primary amides is 1. The van der Waals surface area contributed by atoms with Crippen LogP contribution in [0, 0.1) is 0 Å². The first kappa shape index (κ1) is 24.0. The van der Waals surface area contributed by atoms with Gasteiger partial charge < -0.3 is 20.5 Å². The highest BCUT2D eigenvalue weighted by molar-refractivity contribution is 7.92. The van der Waals surface area contributed by atoms with Crippen LogP contribution in [0.5, 0.6) is 0 Å². The van der Waals surface area contributed by atoms with Crippen LogP contribution in [0.3, 0.4) is 0 Å². The third-order valence-corrected chi connectivity index (χ3v) is 6.14. The lowest BCUT2D eigenvalue weighted by Gasteiger charge is -2.29. The predicted molar refractivity (Wildman–Crippen MR) is 114 cm³/mol. The van der Waals surface area contributed by atoms with E-state index in [1.165, 1.54) is 30.9 Å². The number of sulfonamides is 1. The van der Waals surface area contributed by atoms with Crippen molar-refractivity contribution in [3.8, 4) is 0 Å². The van der Waals surface area contributed by atoms with Gasteiger partial charge in [0.1, 0.15) is 18.0 Å². The summed E-state index contributed by atoms with van der Waals surface area (Å²) in [7, 11) is -2.32. The molecule has 0 saturated carbocycles. The number of nitrogens with zero attached hydrogens (tertiary/aromatic N) is 3. The summed E-state index contributed by atoms with van der Waals surface area (Å²) in [5.41, 5.74) is 4.80. The minimum atomic E-state index is -3.96. The van der Waals surface area contributed by atoms with E-state index in [9.17, 15) is 18.0 Å². The Morgan fingerprint density at radius 1 is 1.26 bits per heavy atom. The number of hydrogen-bond donors (Lipinski definition) is 2. The number of carbonyl (C=O) groups is 2. The van der Waals surface area contributed by atoms with E-state index in [4.69, 9.17) is 15.2 Å². The molecule has 31 heavy (non-hydrogen) atoms. The van der Waals surface area contributed by atoms with Crippen molar-refractivity contribution in [1.29, 1.82) is 0 Å². The lowest BCUT2D eigenvalue weighted by Crippen LogP contribution is -2.46. The normalized spacial score (nSPS) is 11.6. The van der Waals surface area contributed by atoms with E-state index in [-0.39, 0.29) is 19.7 Å². The molecule has 2 amide bonds. The Kier molecular flexibility index (Phi) is 7.86. The third-order valence-electron chi connectivity index (χ3n) is 4.02. The molecule has 0 radical (unpaired) electrons. The SMILES string of the molecule is Cn1cc(N(CCNC(=O)OCc2ccccc2)S(=O)(=O)CC(C)(C)OC(N)=O)cn1. The number of aryl methyl sites for hydroxylation is 1. The average molecular weight is 454 g/mol. The lowest BCUT2D eigenvalue weighted by molar-refractivity contribution is 0.0622. The summed E-state index contributed by atoms with van der Waals surface area (Å²) in [5.74, 6) is -0.518. The highest BCUT2D eigenvalue weighted by Crippen LogP contribution is 2.21. The summed E-state index contributed by atoms with van der Waals surface area (Å²) in [6, 6.07) is 9.15. The number of hydrogen-bond acceptors (Lipinski definition) is 7. The molecule has 0 unspecified atom stereocenters. The van der Waals surface area contributed by atoms with E-state index in [1.54, 1.807) is 7.05 Å². The summed E-state index contributed by atoms with van der Waals surface area (Å²) in [4.78, 5) is 23.0. The van der Waals surface area contributed by atoms with Crippen LogP contribution >= 0.6 is 0 Å². The van der Waals surface area contributed by atoms with Crippen molar-refractivity contribution in [2.24, 2.45) is 12.8 Å². The van der Waals surface area contributed by atoms with Gasteiger partial charge in [0, 0.05) is 19.8 Å². The minimum Gasteiger partial charge on any atom is -0.445 e. The highest BCUT2D eigenvalue weighted by Gasteiger charge is 2.34. The molecule has 1 aromatic heterocycles. The number of ether oxygens (including phenoxy) is 2. The molecule has 12 heteroatoms. The number of carbonyl (C=O) groups excluding carboxylic acids is 2. The molecule has 0 spiro atoms. The van der Waals surface area contributed by atoms with E-state index in [0.29, 0.717) is 5.69 Å². The number of benzene rings is 1. The van der Waals surface area contributed by atoms with E-state index in [2.05, 4.69) is 10.4 Å². The van der Waals surface area contributed by atoms with Gasteiger partial charge in [-0.15, -0.1) is 0 Å². The molecule has 2 aromatic rings. The van der Waals surface area contributed by atoms with Crippen molar-refractivity contribution in [3.63, 3.8) is 0 Å². The number of nitrogens with one attached hydrogen (secondary N) is 1. The zero-order valence-corrected chi connectivity index (χ0v) is 18.5. The maximum Gasteiger partial charge on any atom is 0.407 e. The van der Waals surface area contributed by atoms with Crippen LogP contribution in [-0.2, 0) is 33.2 Å². The Balaban J connectivity index is 2.02.